The van der Waals surface area contributed by atoms with Crippen LogP contribution in [0.5, 0.6) is 5.88 Å². The number of benzene rings is 1. The van der Waals surface area contributed by atoms with Crippen molar-refractivity contribution in [2.24, 2.45) is 0 Å². The normalized spacial score (nSPS) is 19.2. The van der Waals surface area contributed by atoms with E-state index in [-0.39, 0.29) is 35.6 Å². The molecule has 2 aromatic rings. The number of hydrogen-bond acceptors (Lipinski definition) is 5. The minimum Gasteiger partial charge on any atom is -0.480 e. The highest BCUT2D eigenvalue weighted by molar-refractivity contribution is 14.1. The number of pyridine rings is 1. The molecule has 1 aliphatic heterocycles. The molecule has 2 heterocycles. The van der Waals surface area contributed by atoms with E-state index in [4.69, 9.17) is 4.74 Å². The highest BCUT2D eigenvalue weighted by Crippen LogP contribution is 2.28. The lowest BCUT2D eigenvalue weighted by Gasteiger charge is -2.44. The van der Waals surface area contributed by atoms with Crippen molar-refractivity contribution in [2.75, 3.05) is 25.5 Å². The van der Waals surface area contributed by atoms with Gasteiger partial charge in [-0.1, -0.05) is 12.1 Å². The van der Waals surface area contributed by atoms with Crippen LogP contribution in [-0.4, -0.2) is 58.9 Å². The molecular formula is C22H26FIN4O3. The number of piperazine rings is 1. The molecule has 3 rings (SSSR count). The Balaban J connectivity index is 1.77. The van der Waals surface area contributed by atoms with Crippen LogP contribution in [0.3, 0.4) is 0 Å². The number of anilines is 1. The first-order valence-electron chi connectivity index (χ1n) is 10.0. The molecule has 2 amide bonds. The van der Waals surface area contributed by atoms with Gasteiger partial charge < -0.3 is 15.0 Å². The molecule has 2 atom stereocenters. The Morgan fingerprint density at radius 2 is 1.90 bits per heavy atom. The predicted octanol–water partition coefficient (Wildman–Crippen LogP) is 3.53. The van der Waals surface area contributed by atoms with Crippen molar-refractivity contribution >= 4 is 40.2 Å². The molecule has 2 unspecified atom stereocenters. The Labute approximate surface area is 195 Å². The maximum absolute atomic E-state index is 13.4. The van der Waals surface area contributed by atoms with Crippen molar-refractivity contribution in [1.82, 2.24) is 14.8 Å². The van der Waals surface area contributed by atoms with Crippen molar-refractivity contribution < 1.29 is 18.7 Å². The Hall–Kier alpha value is -2.27. The summed E-state index contributed by atoms with van der Waals surface area (Å²) in [4.78, 5) is 33.2. The first kappa shape index (κ1) is 23.4. The van der Waals surface area contributed by atoms with Gasteiger partial charge in [0.25, 0.3) is 5.91 Å². The number of nitrogens with zero attached hydrogens (tertiary/aromatic N) is 3. The molecule has 1 N–H and O–H groups in total. The first-order valence-corrected chi connectivity index (χ1v) is 11.1. The van der Waals surface area contributed by atoms with Gasteiger partial charge in [-0.3, -0.25) is 14.5 Å². The smallest absolute Gasteiger partial charge is 0.259 e. The molecule has 31 heavy (non-hydrogen) atoms. The minimum atomic E-state index is -0.248. The summed E-state index contributed by atoms with van der Waals surface area (Å²) in [5.41, 5.74) is 1.40. The molecule has 9 heteroatoms. The van der Waals surface area contributed by atoms with Gasteiger partial charge in [0.15, 0.2) is 0 Å². The number of ether oxygens (including phenoxy) is 1. The van der Waals surface area contributed by atoms with Crippen LogP contribution in [0.1, 0.15) is 36.7 Å². The summed E-state index contributed by atoms with van der Waals surface area (Å²) < 4.78 is 19.2. The van der Waals surface area contributed by atoms with E-state index in [0.717, 1.165) is 5.56 Å². The summed E-state index contributed by atoms with van der Waals surface area (Å²) in [7, 11) is 1.45. The van der Waals surface area contributed by atoms with E-state index >= 15 is 0 Å². The van der Waals surface area contributed by atoms with E-state index in [9.17, 15) is 14.0 Å². The molecule has 0 saturated carbocycles. The quantitative estimate of drug-likeness (QED) is 0.588. The first-order chi connectivity index (χ1) is 14.7. The van der Waals surface area contributed by atoms with Crippen LogP contribution in [0, 0.1) is 9.39 Å². The zero-order valence-electron chi connectivity index (χ0n) is 18.0. The fraction of sp³-hybridized carbons (Fsp3) is 0.409. The van der Waals surface area contributed by atoms with Gasteiger partial charge in [0, 0.05) is 38.6 Å². The minimum absolute atomic E-state index is 0.0264. The predicted molar refractivity (Wildman–Crippen MR) is 125 cm³/mol. The second kappa shape index (κ2) is 9.90. The molecule has 1 aliphatic rings. The molecular weight excluding hydrogens is 514 g/mol. The summed E-state index contributed by atoms with van der Waals surface area (Å²) in [6.07, 6.45) is 0. The lowest BCUT2D eigenvalue weighted by atomic mass is 10.0. The van der Waals surface area contributed by atoms with Crippen LogP contribution in [0.2, 0.25) is 0 Å². The Morgan fingerprint density at radius 1 is 1.23 bits per heavy atom. The van der Waals surface area contributed by atoms with E-state index in [1.807, 2.05) is 34.4 Å². The number of carbonyl (C=O) groups excluding carboxylic acids is 2. The Kier molecular flexibility index (Phi) is 7.47. The largest absolute Gasteiger partial charge is 0.480 e. The van der Waals surface area contributed by atoms with Crippen LogP contribution in [0.25, 0.3) is 0 Å². The van der Waals surface area contributed by atoms with Crippen LogP contribution in [0.15, 0.2) is 30.3 Å². The van der Waals surface area contributed by atoms with Crippen molar-refractivity contribution in [1.29, 1.82) is 0 Å². The summed E-state index contributed by atoms with van der Waals surface area (Å²) in [5, 5.41) is 2.65. The fourth-order valence-electron chi connectivity index (χ4n) is 3.72. The van der Waals surface area contributed by atoms with E-state index in [2.05, 4.69) is 22.1 Å². The van der Waals surface area contributed by atoms with Crippen LogP contribution in [-0.2, 0) is 11.3 Å². The average Bonchev–Trinajstić information content (AvgIpc) is 2.72. The van der Waals surface area contributed by atoms with Gasteiger partial charge in [-0.05, 0) is 60.2 Å². The monoisotopic (exact) mass is 540 g/mol. The molecule has 0 radical (unpaired) electrons. The van der Waals surface area contributed by atoms with Gasteiger partial charge in [0.05, 0.1) is 10.7 Å². The number of hydrogen-bond donors (Lipinski definition) is 1. The number of halogens is 2. The number of amides is 2. The van der Waals surface area contributed by atoms with Gasteiger partial charge in [0.2, 0.25) is 11.8 Å². The van der Waals surface area contributed by atoms with Gasteiger partial charge >= 0.3 is 0 Å². The second-order valence-corrected chi connectivity index (χ2v) is 8.93. The number of aromatic nitrogens is 1. The van der Waals surface area contributed by atoms with Crippen LogP contribution >= 0.6 is 22.6 Å². The van der Waals surface area contributed by atoms with E-state index < -0.39 is 0 Å². The lowest BCUT2D eigenvalue weighted by Crippen LogP contribution is -2.57. The van der Waals surface area contributed by atoms with Gasteiger partial charge in [-0.2, -0.15) is 4.98 Å². The third-order valence-electron chi connectivity index (χ3n) is 5.33. The second-order valence-electron chi connectivity index (χ2n) is 7.77. The zero-order chi connectivity index (χ0) is 22.7. The van der Waals surface area contributed by atoms with Gasteiger partial charge in [-0.15, -0.1) is 0 Å². The van der Waals surface area contributed by atoms with Crippen LogP contribution < -0.4 is 10.1 Å². The van der Waals surface area contributed by atoms with E-state index in [1.54, 1.807) is 18.2 Å². The highest BCUT2D eigenvalue weighted by atomic mass is 127. The number of carbonyl (C=O) groups is 2. The maximum Gasteiger partial charge on any atom is 0.259 e. The van der Waals surface area contributed by atoms with Crippen molar-refractivity contribution in [3.63, 3.8) is 0 Å². The van der Waals surface area contributed by atoms with Crippen molar-refractivity contribution in [2.45, 2.75) is 39.4 Å². The third kappa shape index (κ3) is 5.51. The molecule has 0 bridgehead atoms. The molecule has 0 aliphatic carbocycles. The maximum atomic E-state index is 13.4. The summed E-state index contributed by atoms with van der Waals surface area (Å²) in [6.45, 7) is 7.43. The number of rotatable bonds is 5. The number of nitrogens with one attached hydrogen (secondary N) is 1. The molecule has 166 valence electrons. The standard InChI is InChI=1S/C22H26FIN4O3/c1-13-11-28(14(2)10-27(13)12-16-5-7-17(23)8-6-16)22(30)18-9-19(24)20(25-15(3)29)26-21(18)31-4/h5-9,13-14H,10-12H2,1-4H3,(H,25,26,29). The molecule has 1 aromatic carbocycles. The van der Waals surface area contributed by atoms with Gasteiger partial charge in [0.1, 0.15) is 17.2 Å². The number of methoxy groups -OCH3 is 1. The highest BCUT2D eigenvalue weighted by Gasteiger charge is 2.34. The fourth-order valence-corrected chi connectivity index (χ4v) is 4.28. The van der Waals surface area contributed by atoms with Gasteiger partial charge in [-0.25, -0.2) is 4.39 Å². The SMILES string of the molecule is COc1nc(NC(C)=O)c(I)cc1C(=O)N1CC(C)N(Cc2ccc(F)cc2)CC1C. The average molecular weight is 540 g/mol. The summed E-state index contributed by atoms with van der Waals surface area (Å²) in [6, 6.07) is 8.31. The van der Waals surface area contributed by atoms with E-state index in [1.165, 1.54) is 26.2 Å². The van der Waals surface area contributed by atoms with Crippen LogP contribution in [0.4, 0.5) is 10.2 Å². The topological polar surface area (TPSA) is 74.8 Å². The summed E-state index contributed by atoms with van der Waals surface area (Å²) in [5.74, 6) is -0.0965. The third-order valence-corrected chi connectivity index (χ3v) is 6.16. The summed E-state index contributed by atoms with van der Waals surface area (Å²) >= 11 is 2.05. The van der Waals surface area contributed by atoms with Crippen molar-refractivity contribution in [3.05, 3.63) is 50.8 Å². The molecule has 1 fully saturated rings. The molecule has 0 spiro atoms. The molecule has 1 saturated heterocycles. The Morgan fingerprint density at radius 3 is 2.52 bits per heavy atom. The molecule has 1 aromatic heterocycles. The Bertz CT molecular complexity index is 970. The molecule has 7 nitrogen and oxygen atoms in total. The zero-order valence-corrected chi connectivity index (χ0v) is 20.1. The van der Waals surface area contributed by atoms with Crippen molar-refractivity contribution in [3.8, 4) is 5.88 Å². The van der Waals surface area contributed by atoms with E-state index in [0.29, 0.717) is 34.6 Å². The lowest BCUT2D eigenvalue weighted by molar-refractivity contribution is -0.114.